The largest absolute Gasteiger partial charge is 0.497 e. The molecule has 0 saturated carbocycles. The fraction of sp³-hybridized carbons (Fsp3) is 0.238. The summed E-state index contributed by atoms with van der Waals surface area (Å²) in [5, 5.41) is 0. The first kappa shape index (κ1) is 18.4. The van der Waals surface area contributed by atoms with Gasteiger partial charge in [0.25, 0.3) is 0 Å². The lowest BCUT2D eigenvalue weighted by Crippen LogP contribution is -2.23. The molecular weight excluding hydrogens is 369 g/mol. The molecular formula is C21H19F3N2O2. The van der Waals surface area contributed by atoms with Gasteiger partial charge >= 0.3 is 6.18 Å². The molecule has 28 heavy (non-hydrogen) atoms. The topological polar surface area (TPSA) is 26.6 Å². The molecule has 0 N–H and O–H groups in total. The Bertz CT molecular complexity index is 968. The first-order valence-electron chi connectivity index (χ1n) is 8.83. The molecule has 0 aliphatic carbocycles. The van der Waals surface area contributed by atoms with E-state index in [2.05, 4.69) is 4.90 Å². The molecule has 7 heteroatoms. The molecule has 1 aromatic heterocycles. The van der Waals surface area contributed by atoms with Crippen molar-refractivity contribution in [3.05, 3.63) is 78.1 Å². The van der Waals surface area contributed by atoms with Gasteiger partial charge in [0.15, 0.2) is 6.23 Å². The van der Waals surface area contributed by atoms with Crippen LogP contribution in [0.5, 0.6) is 5.75 Å². The van der Waals surface area contributed by atoms with Crippen LogP contribution in [0.1, 0.15) is 17.4 Å². The predicted octanol–water partition coefficient (Wildman–Crippen LogP) is 5.04. The zero-order valence-corrected chi connectivity index (χ0v) is 15.2. The van der Waals surface area contributed by atoms with Gasteiger partial charge in [0.1, 0.15) is 5.75 Å². The monoisotopic (exact) mass is 388 g/mol. The van der Waals surface area contributed by atoms with Crippen molar-refractivity contribution in [3.8, 4) is 11.4 Å². The Hall–Kier alpha value is -2.93. The Kier molecular flexibility index (Phi) is 4.77. The molecule has 2 heterocycles. The Morgan fingerprint density at radius 3 is 2.61 bits per heavy atom. The fourth-order valence-electron chi connectivity index (χ4n) is 3.36. The minimum absolute atomic E-state index is 0.306. The number of aromatic nitrogens is 1. The van der Waals surface area contributed by atoms with E-state index in [1.54, 1.807) is 30.1 Å². The van der Waals surface area contributed by atoms with Crippen LogP contribution in [-0.4, -0.2) is 24.8 Å². The van der Waals surface area contributed by atoms with E-state index >= 15 is 0 Å². The van der Waals surface area contributed by atoms with Crippen LogP contribution >= 0.6 is 0 Å². The summed E-state index contributed by atoms with van der Waals surface area (Å²) in [6.45, 7) is 1.28. The number of hydrogen-bond acceptors (Lipinski definition) is 3. The third kappa shape index (κ3) is 3.57. The molecule has 146 valence electrons. The maximum atomic E-state index is 13.0. The summed E-state index contributed by atoms with van der Waals surface area (Å²) in [6, 6.07) is 14.8. The number of halogens is 3. The molecule has 0 spiro atoms. The molecule has 0 radical (unpaired) electrons. The predicted molar refractivity (Wildman–Crippen MR) is 99.8 cm³/mol. The summed E-state index contributed by atoms with van der Waals surface area (Å²) in [7, 11) is 1.62. The summed E-state index contributed by atoms with van der Waals surface area (Å²) in [5.74, 6) is 0.754. The molecule has 4 nitrogen and oxygen atoms in total. The minimum Gasteiger partial charge on any atom is -0.497 e. The normalized spacial score (nSPS) is 17.1. The van der Waals surface area contributed by atoms with Crippen LogP contribution in [0.25, 0.3) is 5.69 Å². The van der Waals surface area contributed by atoms with Gasteiger partial charge in [-0.3, -0.25) is 0 Å². The van der Waals surface area contributed by atoms with Gasteiger partial charge in [-0.15, -0.1) is 0 Å². The quantitative estimate of drug-likeness (QED) is 0.627. The zero-order chi connectivity index (χ0) is 19.7. The van der Waals surface area contributed by atoms with Gasteiger partial charge < -0.3 is 18.9 Å². The lowest BCUT2D eigenvalue weighted by Gasteiger charge is -2.25. The molecule has 0 bridgehead atoms. The molecule has 1 aliphatic rings. The number of hydrogen-bond donors (Lipinski definition) is 0. The fourth-order valence-corrected chi connectivity index (χ4v) is 3.36. The van der Waals surface area contributed by atoms with E-state index in [1.165, 1.54) is 6.07 Å². The minimum atomic E-state index is -4.37. The lowest BCUT2D eigenvalue weighted by molar-refractivity contribution is -0.137. The number of benzene rings is 2. The molecule has 4 rings (SSSR count). The van der Waals surface area contributed by atoms with Crippen LogP contribution in [0.3, 0.4) is 0 Å². The van der Waals surface area contributed by atoms with Crippen molar-refractivity contribution in [1.29, 1.82) is 0 Å². The highest BCUT2D eigenvalue weighted by atomic mass is 19.4. The average molecular weight is 388 g/mol. The van der Waals surface area contributed by atoms with Crippen LogP contribution < -0.4 is 9.64 Å². The number of nitrogens with zero attached hydrogens (tertiary/aromatic N) is 2. The van der Waals surface area contributed by atoms with Crippen molar-refractivity contribution in [2.75, 3.05) is 25.2 Å². The van der Waals surface area contributed by atoms with E-state index in [0.29, 0.717) is 18.8 Å². The van der Waals surface area contributed by atoms with Crippen molar-refractivity contribution in [1.82, 2.24) is 4.57 Å². The Labute approximate surface area is 160 Å². The standard InChI is InChI=1S/C21H19F3N2O2/c1-27-19-7-3-6-18(13-19)26-10-11-28-20(26)15-8-9-25(14-15)17-5-2-4-16(12-17)21(22,23)24/h2-9,12-14,20H,10-11H2,1H3. The third-order valence-electron chi connectivity index (χ3n) is 4.75. The smallest absolute Gasteiger partial charge is 0.416 e. The van der Waals surface area contributed by atoms with Crippen LogP contribution in [0.4, 0.5) is 18.9 Å². The summed E-state index contributed by atoms with van der Waals surface area (Å²) in [4.78, 5) is 2.11. The van der Waals surface area contributed by atoms with Crippen LogP contribution in [0, 0.1) is 0 Å². The van der Waals surface area contributed by atoms with E-state index in [9.17, 15) is 13.2 Å². The number of alkyl halides is 3. The number of anilines is 1. The highest BCUT2D eigenvalue weighted by Gasteiger charge is 2.31. The summed E-state index contributed by atoms with van der Waals surface area (Å²) in [6.07, 6.45) is -1.13. The first-order chi connectivity index (χ1) is 13.5. The number of methoxy groups -OCH3 is 1. The highest BCUT2D eigenvalue weighted by Crippen LogP contribution is 2.35. The van der Waals surface area contributed by atoms with Crippen LogP contribution in [-0.2, 0) is 10.9 Å². The molecule has 1 atom stereocenters. The van der Waals surface area contributed by atoms with Crippen LogP contribution in [0.15, 0.2) is 67.0 Å². The van der Waals surface area contributed by atoms with Gasteiger partial charge in [0, 0.05) is 41.9 Å². The van der Waals surface area contributed by atoms with Gasteiger partial charge in [0.05, 0.1) is 19.3 Å². The number of rotatable bonds is 4. The first-order valence-corrected chi connectivity index (χ1v) is 8.83. The number of ether oxygens (including phenoxy) is 2. The molecule has 1 saturated heterocycles. The van der Waals surface area contributed by atoms with Crippen molar-refractivity contribution in [2.24, 2.45) is 0 Å². The summed E-state index contributed by atoms with van der Waals surface area (Å²) >= 11 is 0. The van der Waals surface area contributed by atoms with Crippen molar-refractivity contribution >= 4 is 5.69 Å². The zero-order valence-electron chi connectivity index (χ0n) is 15.2. The van der Waals surface area contributed by atoms with Gasteiger partial charge in [-0.2, -0.15) is 13.2 Å². The second-order valence-corrected chi connectivity index (χ2v) is 6.52. The second kappa shape index (κ2) is 7.24. The van der Waals surface area contributed by atoms with Crippen LogP contribution in [0.2, 0.25) is 0 Å². The maximum absolute atomic E-state index is 13.0. The Morgan fingerprint density at radius 1 is 1.04 bits per heavy atom. The van der Waals surface area contributed by atoms with E-state index in [0.717, 1.165) is 29.1 Å². The SMILES string of the molecule is COc1cccc(N2CCOC2c2ccn(-c3cccc(C(F)(F)F)c3)c2)c1. The summed E-state index contributed by atoms with van der Waals surface area (Å²) in [5.41, 5.74) is 1.62. The molecule has 2 aromatic carbocycles. The van der Waals surface area contributed by atoms with E-state index < -0.39 is 11.7 Å². The molecule has 0 amide bonds. The molecule has 3 aromatic rings. The van der Waals surface area contributed by atoms with Crippen molar-refractivity contribution in [3.63, 3.8) is 0 Å². The van der Waals surface area contributed by atoms with Gasteiger partial charge in [-0.25, -0.2) is 0 Å². The molecule has 1 fully saturated rings. The van der Waals surface area contributed by atoms with Crippen molar-refractivity contribution < 1.29 is 22.6 Å². The molecule has 1 aliphatic heterocycles. The molecule has 1 unspecified atom stereocenters. The average Bonchev–Trinajstić information content (AvgIpc) is 3.37. The van der Waals surface area contributed by atoms with Gasteiger partial charge in [0.2, 0.25) is 0 Å². The second-order valence-electron chi connectivity index (χ2n) is 6.52. The third-order valence-corrected chi connectivity index (χ3v) is 4.75. The Balaban J connectivity index is 1.62. The Morgan fingerprint density at radius 2 is 1.82 bits per heavy atom. The van der Waals surface area contributed by atoms with E-state index in [4.69, 9.17) is 9.47 Å². The maximum Gasteiger partial charge on any atom is 0.416 e. The summed E-state index contributed by atoms with van der Waals surface area (Å²) < 4.78 is 51.8. The van der Waals surface area contributed by atoms with E-state index in [1.807, 2.05) is 30.3 Å². The van der Waals surface area contributed by atoms with Crippen molar-refractivity contribution in [2.45, 2.75) is 12.4 Å². The highest BCUT2D eigenvalue weighted by molar-refractivity contribution is 5.53. The lowest BCUT2D eigenvalue weighted by atomic mass is 10.2. The van der Waals surface area contributed by atoms with E-state index in [-0.39, 0.29) is 6.23 Å². The van der Waals surface area contributed by atoms with Gasteiger partial charge in [-0.1, -0.05) is 12.1 Å². The van der Waals surface area contributed by atoms with Gasteiger partial charge in [-0.05, 0) is 36.4 Å².